The molecule has 0 saturated carbocycles. The van der Waals surface area contributed by atoms with Crippen LogP contribution in [0.3, 0.4) is 0 Å². The Morgan fingerprint density at radius 1 is 0.871 bits per heavy atom. The van der Waals surface area contributed by atoms with Gasteiger partial charge in [-0.05, 0) is 43.7 Å². The van der Waals surface area contributed by atoms with Crippen LogP contribution in [0.4, 0.5) is 5.69 Å². The number of fused-ring (bicyclic) bond motifs is 2. The molecule has 7 heteroatoms. The van der Waals surface area contributed by atoms with E-state index < -0.39 is 0 Å². The molecule has 0 bridgehead atoms. The van der Waals surface area contributed by atoms with E-state index in [2.05, 4.69) is 34.5 Å². The number of methoxy groups -OCH3 is 1. The number of benzene rings is 2. The minimum atomic E-state index is 0. The first kappa shape index (κ1) is 25.8. The Labute approximate surface area is 201 Å². The molecule has 0 aliphatic carbocycles. The summed E-state index contributed by atoms with van der Waals surface area (Å²) in [6, 6.07) is 14.4. The quantitative estimate of drug-likeness (QED) is 0.169. The van der Waals surface area contributed by atoms with Gasteiger partial charge in [0.2, 0.25) is 0 Å². The highest BCUT2D eigenvalue weighted by Crippen LogP contribution is 2.33. The number of nitrogens with zero attached hydrogens (tertiary/aromatic N) is 2. The van der Waals surface area contributed by atoms with Crippen molar-refractivity contribution in [3.8, 4) is 5.75 Å². The van der Waals surface area contributed by atoms with E-state index in [0.29, 0.717) is 11.8 Å². The van der Waals surface area contributed by atoms with Gasteiger partial charge in [0.05, 0.1) is 23.8 Å². The number of ether oxygens (including phenoxy) is 1. The predicted octanol–water partition coefficient (Wildman–Crippen LogP) is 6.57. The first-order valence-corrected chi connectivity index (χ1v) is 11.8. The summed E-state index contributed by atoms with van der Waals surface area (Å²) < 4.78 is 5.44. The minimum Gasteiger partial charge on any atom is -0.497 e. The van der Waals surface area contributed by atoms with Crippen LogP contribution < -0.4 is 10.1 Å². The minimum absolute atomic E-state index is 0. The van der Waals surface area contributed by atoms with Crippen LogP contribution in [0.1, 0.15) is 25.7 Å². The van der Waals surface area contributed by atoms with Crippen LogP contribution in [-0.4, -0.2) is 54.9 Å². The standard InChI is InChI=1S/C24H31Cl2N3O.ClH/c1-30-19-10-11-23-21(18-19)24(20-8-4-5-9-22(20)28-23)27-14-6-2-3-7-15-29(16-12-25)17-13-26;/h4-5,8-11,18H,2-3,6-7,12-17H2,1H3,(H,27,28);1H. The number of rotatable bonds is 13. The van der Waals surface area contributed by atoms with Crippen LogP contribution in [0, 0.1) is 0 Å². The largest absolute Gasteiger partial charge is 0.497 e. The highest BCUT2D eigenvalue weighted by atomic mass is 35.5. The zero-order valence-electron chi connectivity index (χ0n) is 18.1. The van der Waals surface area contributed by atoms with E-state index in [-0.39, 0.29) is 12.4 Å². The molecule has 1 aromatic heterocycles. The van der Waals surface area contributed by atoms with Gasteiger partial charge in [-0.25, -0.2) is 4.98 Å². The normalized spacial score (nSPS) is 11.1. The maximum Gasteiger partial charge on any atom is 0.119 e. The molecule has 1 heterocycles. The molecule has 1 N–H and O–H groups in total. The van der Waals surface area contributed by atoms with Crippen LogP contribution in [0.25, 0.3) is 21.8 Å². The Hall–Kier alpha value is -1.46. The second kappa shape index (κ2) is 13.8. The molecule has 3 rings (SSSR count). The summed E-state index contributed by atoms with van der Waals surface area (Å²) in [5, 5.41) is 5.93. The SMILES string of the molecule is COc1ccc2nc3ccccc3c(NCCCCCCN(CCCl)CCCl)c2c1.Cl. The highest BCUT2D eigenvalue weighted by Gasteiger charge is 2.10. The van der Waals surface area contributed by atoms with Crippen LogP contribution in [0.5, 0.6) is 5.75 Å². The summed E-state index contributed by atoms with van der Waals surface area (Å²) in [4.78, 5) is 7.16. The lowest BCUT2D eigenvalue weighted by Crippen LogP contribution is -2.28. The number of hydrogen-bond donors (Lipinski definition) is 1. The van der Waals surface area contributed by atoms with E-state index in [1.54, 1.807) is 7.11 Å². The lowest BCUT2D eigenvalue weighted by atomic mass is 10.1. The summed E-state index contributed by atoms with van der Waals surface area (Å²) in [5.74, 6) is 2.18. The van der Waals surface area contributed by atoms with Gasteiger partial charge in [-0.3, -0.25) is 0 Å². The van der Waals surface area contributed by atoms with Crippen molar-refractivity contribution in [3.63, 3.8) is 0 Å². The maximum absolute atomic E-state index is 5.87. The molecule has 0 amide bonds. The number of unbranched alkanes of at least 4 members (excludes halogenated alkanes) is 3. The van der Waals surface area contributed by atoms with Gasteiger partial charge in [0.15, 0.2) is 0 Å². The number of aromatic nitrogens is 1. The predicted molar refractivity (Wildman–Crippen MR) is 138 cm³/mol. The van der Waals surface area contributed by atoms with Gasteiger partial charge in [0.25, 0.3) is 0 Å². The van der Waals surface area contributed by atoms with Crippen molar-refractivity contribution in [3.05, 3.63) is 42.5 Å². The summed E-state index contributed by atoms with van der Waals surface area (Å²) in [6.45, 7) is 3.85. The Morgan fingerprint density at radius 2 is 1.58 bits per heavy atom. The molecule has 2 aromatic carbocycles. The van der Waals surface area contributed by atoms with Gasteiger partial charge in [-0.15, -0.1) is 35.6 Å². The molecule has 0 unspecified atom stereocenters. The first-order chi connectivity index (χ1) is 14.8. The zero-order chi connectivity index (χ0) is 21.2. The van der Waals surface area contributed by atoms with Crippen LogP contribution >= 0.6 is 35.6 Å². The third kappa shape index (κ3) is 7.28. The number of para-hydroxylation sites is 1. The van der Waals surface area contributed by atoms with Crippen molar-refractivity contribution in [2.24, 2.45) is 0 Å². The summed E-state index contributed by atoms with van der Waals surface area (Å²) in [5.41, 5.74) is 3.14. The molecular weight excluding hydrogens is 453 g/mol. The molecule has 31 heavy (non-hydrogen) atoms. The number of halogens is 3. The molecule has 0 atom stereocenters. The molecule has 170 valence electrons. The Kier molecular flexibility index (Phi) is 11.5. The fourth-order valence-electron chi connectivity index (χ4n) is 3.79. The van der Waals surface area contributed by atoms with Gasteiger partial charge >= 0.3 is 0 Å². The summed E-state index contributed by atoms with van der Waals surface area (Å²) in [7, 11) is 1.70. The topological polar surface area (TPSA) is 37.4 Å². The maximum atomic E-state index is 5.87. The molecule has 0 aliphatic rings. The summed E-state index contributed by atoms with van der Waals surface area (Å²) in [6.07, 6.45) is 4.74. The van der Waals surface area contributed by atoms with Gasteiger partial charge in [0, 0.05) is 42.2 Å². The number of hydrogen-bond acceptors (Lipinski definition) is 4. The number of nitrogens with one attached hydrogen (secondary N) is 1. The number of pyridine rings is 1. The van der Waals surface area contributed by atoms with E-state index in [0.717, 1.165) is 65.8 Å². The van der Waals surface area contributed by atoms with E-state index in [1.165, 1.54) is 19.3 Å². The van der Waals surface area contributed by atoms with Crippen molar-refractivity contribution in [1.29, 1.82) is 0 Å². The summed E-state index contributed by atoms with van der Waals surface area (Å²) >= 11 is 11.7. The zero-order valence-corrected chi connectivity index (χ0v) is 20.4. The smallest absolute Gasteiger partial charge is 0.119 e. The van der Waals surface area contributed by atoms with Crippen molar-refractivity contribution in [1.82, 2.24) is 9.88 Å². The molecule has 0 radical (unpaired) electrons. The van der Waals surface area contributed by atoms with E-state index in [9.17, 15) is 0 Å². The van der Waals surface area contributed by atoms with Crippen LogP contribution in [-0.2, 0) is 0 Å². The van der Waals surface area contributed by atoms with E-state index in [4.69, 9.17) is 32.9 Å². The monoisotopic (exact) mass is 483 g/mol. The molecule has 0 aliphatic heterocycles. The van der Waals surface area contributed by atoms with Gasteiger partial charge in [0.1, 0.15) is 5.75 Å². The van der Waals surface area contributed by atoms with Crippen molar-refractivity contribution in [2.45, 2.75) is 25.7 Å². The third-order valence-electron chi connectivity index (χ3n) is 5.39. The van der Waals surface area contributed by atoms with Gasteiger partial charge in [-0.2, -0.15) is 0 Å². The van der Waals surface area contributed by atoms with Crippen molar-refractivity contribution in [2.75, 3.05) is 50.4 Å². The van der Waals surface area contributed by atoms with Gasteiger partial charge < -0.3 is 15.0 Å². The number of anilines is 1. The average Bonchev–Trinajstić information content (AvgIpc) is 2.77. The average molecular weight is 485 g/mol. The van der Waals surface area contributed by atoms with Crippen LogP contribution in [0.2, 0.25) is 0 Å². The molecule has 0 saturated heterocycles. The van der Waals surface area contributed by atoms with E-state index >= 15 is 0 Å². The fourth-order valence-corrected chi connectivity index (χ4v) is 4.27. The van der Waals surface area contributed by atoms with Crippen molar-refractivity contribution >= 4 is 63.1 Å². The Morgan fingerprint density at radius 3 is 2.32 bits per heavy atom. The Balaban J connectivity index is 0.00000341. The second-order valence-electron chi connectivity index (χ2n) is 7.45. The lowest BCUT2D eigenvalue weighted by molar-refractivity contribution is 0.299. The highest BCUT2D eigenvalue weighted by molar-refractivity contribution is 6.18. The van der Waals surface area contributed by atoms with Crippen LogP contribution in [0.15, 0.2) is 42.5 Å². The molecule has 0 spiro atoms. The number of alkyl halides is 2. The molecule has 3 aromatic rings. The lowest BCUT2D eigenvalue weighted by Gasteiger charge is -2.19. The first-order valence-electron chi connectivity index (χ1n) is 10.7. The van der Waals surface area contributed by atoms with E-state index in [1.807, 2.05) is 18.2 Å². The molecular formula is C24H32Cl3N3O. The fraction of sp³-hybridized carbons (Fsp3) is 0.458. The molecule has 0 fully saturated rings. The molecule has 4 nitrogen and oxygen atoms in total. The third-order valence-corrected chi connectivity index (χ3v) is 5.73. The van der Waals surface area contributed by atoms with Gasteiger partial charge in [-0.1, -0.05) is 31.0 Å². The second-order valence-corrected chi connectivity index (χ2v) is 8.20. The Bertz CT molecular complexity index is 932. The van der Waals surface area contributed by atoms with Crippen molar-refractivity contribution < 1.29 is 4.74 Å².